The van der Waals surface area contributed by atoms with Crippen LogP contribution in [-0.2, 0) is 4.79 Å². The molecule has 2 atom stereocenters. The van der Waals surface area contributed by atoms with E-state index in [2.05, 4.69) is 26.8 Å². The molecule has 2 aliphatic heterocycles. The zero-order valence-electron chi connectivity index (χ0n) is 15.6. The third-order valence-corrected chi connectivity index (χ3v) is 5.31. The number of aromatic nitrogens is 2. The molecule has 0 aliphatic carbocycles. The first kappa shape index (κ1) is 18.0. The highest BCUT2D eigenvalue weighted by Gasteiger charge is 2.45. The van der Waals surface area contributed by atoms with Crippen molar-refractivity contribution < 1.29 is 9.59 Å². The van der Waals surface area contributed by atoms with Crippen molar-refractivity contribution in [2.75, 3.05) is 23.3 Å². The van der Waals surface area contributed by atoms with Gasteiger partial charge in [0.2, 0.25) is 5.91 Å². The van der Waals surface area contributed by atoms with Crippen molar-refractivity contribution in [3.05, 3.63) is 54.4 Å². The summed E-state index contributed by atoms with van der Waals surface area (Å²) in [4.78, 5) is 36.8. The lowest BCUT2D eigenvalue weighted by Crippen LogP contribution is -2.48. The number of anilines is 3. The van der Waals surface area contributed by atoms with Crippen LogP contribution in [0.2, 0.25) is 0 Å². The molecule has 4 rings (SSSR count). The van der Waals surface area contributed by atoms with Crippen LogP contribution in [0, 0.1) is 6.92 Å². The minimum Gasteiger partial charge on any atom is -0.365 e. The van der Waals surface area contributed by atoms with Crippen molar-refractivity contribution in [1.29, 1.82) is 0 Å². The molecular formula is C20H22N6O2. The molecule has 8 heteroatoms. The number of nitrogens with zero attached hydrogens (tertiary/aromatic N) is 4. The molecule has 144 valence electrons. The number of rotatable bonds is 5. The standard InChI is InChI=1S/C20H22N6O2/c1-3-18(27)26-11-14-8-15(26)10-25(14)17-7-6-16(19(21)28)20(24-17)23-13-5-4-12(2)22-9-13/h3-7,9,14-15H,1,8,10-11H2,2H3,(H2,21,28)(H,23,24). The molecule has 2 aliphatic rings. The quantitative estimate of drug-likeness (QED) is 0.766. The van der Waals surface area contributed by atoms with Crippen LogP contribution in [-0.4, -0.2) is 51.9 Å². The van der Waals surface area contributed by atoms with E-state index in [9.17, 15) is 9.59 Å². The summed E-state index contributed by atoms with van der Waals surface area (Å²) in [6.07, 6.45) is 3.96. The number of carbonyl (C=O) groups excluding carboxylic acids is 2. The van der Waals surface area contributed by atoms with Gasteiger partial charge in [0, 0.05) is 18.8 Å². The number of hydrogen-bond donors (Lipinski definition) is 2. The Morgan fingerprint density at radius 2 is 2.07 bits per heavy atom. The van der Waals surface area contributed by atoms with E-state index in [1.165, 1.54) is 6.08 Å². The fourth-order valence-corrected chi connectivity index (χ4v) is 3.92. The topological polar surface area (TPSA) is 104 Å². The summed E-state index contributed by atoms with van der Waals surface area (Å²) in [5, 5.41) is 3.15. The highest BCUT2D eigenvalue weighted by atomic mass is 16.2. The van der Waals surface area contributed by atoms with Gasteiger partial charge in [0.15, 0.2) is 0 Å². The lowest BCUT2D eigenvalue weighted by molar-refractivity contribution is -0.127. The van der Waals surface area contributed by atoms with Crippen molar-refractivity contribution >= 4 is 29.1 Å². The second-order valence-corrected chi connectivity index (χ2v) is 7.13. The van der Waals surface area contributed by atoms with Gasteiger partial charge in [0.05, 0.1) is 29.5 Å². The number of nitrogens with two attached hydrogens (primary N) is 1. The molecule has 0 radical (unpaired) electrons. The first-order chi connectivity index (χ1) is 13.5. The number of amides is 2. The summed E-state index contributed by atoms with van der Waals surface area (Å²) in [6.45, 7) is 6.84. The predicted octanol–water partition coefficient (Wildman–Crippen LogP) is 1.60. The van der Waals surface area contributed by atoms with E-state index in [1.807, 2.05) is 24.0 Å². The molecule has 28 heavy (non-hydrogen) atoms. The van der Waals surface area contributed by atoms with Crippen molar-refractivity contribution in [2.45, 2.75) is 25.4 Å². The Morgan fingerprint density at radius 1 is 1.25 bits per heavy atom. The third-order valence-electron chi connectivity index (χ3n) is 5.31. The minimum atomic E-state index is -0.549. The summed E-state index contributed by atoms with van der Waals surface area (Å²) in [5.41, 5.74) is 7.46. The number of aryl methyl sites for hydroxylation is 1. The van der Waals surface area contributed by atoms with Crippen molar-refractivity contribution in [2.24, 2.45) is 5.73 Å². The maximum absolute atomic E-state index is 12.0. The molecular weight excluding hydrogens is 356 g/mol. The molecule has 0 spiro atoms. The van der Waals surface area contributed by atoms with E-state index in [1.54, 1.807) is 18.3 Å². The average Bonchev–Trinajstić information content (AvgIpc) is 3.30. The Hall–Kier alpha value is -3.42. The van der Waals surface area contributed by atoms with Gasteiger partial charge in [0.25, 0.3) is 5.91 Å². The first-order valence-electron chi connectivity index (χ1n) is 9.16. The summed E-state index contributed by atoms with van der Waals surface area (Å²) < 4.78 is 0. The third kappa shape index (κ3) is 3.17. The van der Waals surface area contributed by atoms with Crippen LogP contribution in [0.5, 0.6) is 0 Å². The van der Waals surface area contributed by atoms with Crippen molar-refractivity contribution in [1.82, 2.24) is 14.9 Å². The number of pyridine rings is 2. The number of likely N-dealkylation sites (tertiary alicyclic amines) is 1. The molecule has 3 N–H and O–H groups in total. The minimum absolute atomic E-state index is 0.0292. The second-order valence-electron chi connectivity index (χ2n) is 7.13. The molecule has 2 aromatic rings. The summed E-state index contributed by atoms with van der Waals surface area (Å²) in [6, 6.07) is 7.60. The van der Waals surface area contributed by atoms with Gasteiger partial charge in [-0.25, -0.2) is 4.98 Å². The molecule has 8 nitrogen and oxygen atoms in total. The summed E-state index contributed by atoms with van der Waals surface area (Å²) in [7, 11) is 0. The monoisotopic (exact) mass is 378 g/mol. The molecule has 2 amide bonds. The molecule has 2 unspecified atom stereocenters. The van der Waals surface area contributed by atoms with Crippen LogP contribution < -0.4 is 16.0 Å². The predicted molar refractivity (Wildman–Crippen MR) is 106 cm³/mol. The molecule has 2 aromatic heterocycles. The summed E-state index contributed by atoms with van der Waals surface area (Å²) >= 11 is 0. The molecule has 4 heterocycles. The Morgan fingerprint density at radius 3 is 2.68 bits per heavy atom. The second kappa shape index (κ2) is 6.95. The maximum Gasteiger partial charge on any atom is 0.252 e. The van der Waals surface area contributed by atoms with Crippen LogP contribution in [0.15, 0.2) is 43.1 Å². The molecule has 2 fully saturated rings. The number of primary amides is 1. The van der Waals surface area contributed by atoms with Crippen LogP contribution in [0.3, 0.4) is 0 Å². The highest BCUT2D eigenvalue weighted by Crippen LogP contribution is 2.35. The van der Waals surface area contributed by atoms with Gasteiger partial charge in [-0.05, 0) is 43.7 Å². The first-order valence-corrected chi connectivity index (χ1v) is 9.16. The van der Waals surface area contributed by atoms with Gasteiger partial charge in [-0.3, -0.25) is 14.6 Å². The van der Waals surface area contributed by atoms with E-state index in [-0.39, 0.29) is 18.0 Å². The number of piperazine rings is 1. The summed E-state index contributed by atoms with van der Waals surface area (Å²) in [5.74, 6) is 0.578. The van der Waals surface area contributed by atoms with Crippen molar-refractivity contribution in [3.63, 3.8) is 0 Å². The van der Waals surface area contributed by atoms with Crippen LogP contribution in [0.4, 0.5) is 17.3 Å². The number of fused-ring (bicyclic) bond motifs is 2. The van der Waals surface area contributed by atoms with E-state index < -0.39 is 5.91 Å². The van der Waals surface area contributed by atoms with Gasteiger partial charge in [-0.15, -0.1) is 0 Å². The Labute approximate surface area is 163 Å². The van der Waals surface area contributed by atoms with Gasteiger partial charge in [-0.2, -0.15) is 0 Å². The lowest BCUT2D eigenvalue weighted by atomic mass is 10.2. The van der Waals surface area contributed by atoms with Crippen LogP contribution in [0.1, 0.15) is 22.5 Å². The number of hydrogen-bond acceptors (Lipinski definition) is 6. The number of carbonyl (C=O) groups is 2. The van der Waals surface area contributed by atoms with E-state index in [0.717, 1.165) is 23.6 Å². The molecule has 0 saturated carbocycles. The maximum atomic E-state index is 12.0. The van der Waals surface area contributed by atoms with Gasteiger partial charge < -0.3 is 20.9 Å². The van der Waals surface area contributed by atoms with Crippen molar-refractivity contribution in [3.8, 4) is 0 Å². The fourth-order valence-electron chi connectivity index (χ4n) is 3.92. The fraction of sp³-hybridized carbons (Fsp3) is 0.300. The highest BCUT2D eigenvalue weighted by molar-refractivity contribution is 5.98. The lowest BCUT2D eigenvalue weighted by Gasteiger charge is -2.34. The van der Waals surface area contributed by atoms with Gasteiger partial charge >= 0.3 is 0 Å². The Balaban J connectivity index is 1.59. The van der Waals surface area contributed by atoms with E-state index in [0.29, 0.717) is 24.5 Å². The molecule has 0 aromatic carbocycles. The Kier molecular flexibility index (Phi) is 4.46. The average molecular weight is 378 g/mol. The Bertz CT molecular complexity index is 942. The van der Waals surface area contributed by atoms with Gasteiger partial charge in [-0.1, -0.05) is 6.58 Å². The van der Waals surface area contributed by atoms with E-state index >= 15 is 0 Å². The normalized spacial score (nSPS) is 20.3. The largest absolute Gasteiger partial charge is 0.365 e. The van der Waals surface area contributed by atoms with Crippen LogP contribution >= 0.6 is 0 Å². The molecule has 2 bridgehead atoms. The smallest absolute Gasteiger partial charge is 0.252 e. The zero-order chi connectivity index (χ0) is 19.8. The SMILES string of the molecule is C=CC(=O)N1CC2CC1CN2c1ccc(C(N)=O)c(Nc2ccc(C)nc2)n1. The molecule has 2 saturated heterocycles. The zero-order valence-corrected chi connectivity index (χ0v) is 15.6. The number of nitrogens with one attached hydrogen (secondary N) is 1. The van der Waals surface area contributed by atoms with Gasteiger partial charge in [0.1, 0.15) is 11.6 Å². The van der Waals surface area contributed by atoms with Crippen LogP contribution in [0.25, 0.3) is 0 Å². The van der Waals surface area contributed by atoms with E-state index in [4.69, 9.17) is 5.73 Å².